The van der Waals surface area contributed by atoms with E-state index >= 15 is 0 Å². The standard InChI is InChI=1S/C21H23N3O6/c1-24(2)15-10-7-9-6-8-4-3-5-11(25)12(8)16(26)13(9)18(22)21(10,30)19(28)14(17(15)27)20(23)29/h3-5,9-10,15,25,28,30H,6-7,22H2,1-2H3,(H2,23,29). The number of benzene rings is 1. The van der Waals surface area contributed by atoms with Gasteiger partial charge in [0.25, 0.3) is 5.91 Å². The van der Waals surface area contributed by atoms with Crippen molar-refractivity contribution in [1.29, 1.82) is 0 Å². The zero-order chi connectivity index (χ0) is 22.1. The molecule has 9 heteroatoms. The number of phenolic OH excluding ortho intramolecular Hbond substituents is 1. The maximum atomic E-state index is 13.2. The van der Waals surface area contributed by atoms with Crippen LogP contribution in [0.1, 0.15) is 22.3 Å². The van der Waals surface area contributed by atoms with Crippen molar-refractivity contribution in [3.05, 3.63) is 51.9 Å². The summed E-state index contributed by atoms with van der Waals surface area (Å²) in [6.45, 7) is 0. The molecule has 0 radical (unpaired) electrons. The van der Waals surface area contributed by atoms with Crippen LogP contribution in [-0.4, -0.2) is 63.4 Å². The van der Waals surface area contributed by atoms with Gasteiger partial charge in [0.05, 0.1) is 17.3 Å². The fourth-order valence-electron chi connectivity index (χ4n) is 5.26. The predicted molar refractivity (Wildman–Crippen MR) is 105 cm³/mol. The highest BCUT2D eigenvalue weighted by atomic mass is 16.3. The van der Waals surface area contributed by atoms with E-state index in [2.05, 4.69) is 0 Å². The Morgan fingerprint density at radius 3 is 2.50 bits per heavy atom. The number of aromatic hydroxyl groups is 1. The Labute approximate surface area is 172 Å². The zero-order valence-corrected chi connectivity index (χ0v) is 16.5. The van der Waals surface area contributed by atoms with Gasteiger partial charge in [-0.25, -0.2) is 0 Å². The number of Topliss-reactive ketones (excluding diaryl/α,β-unsaturated/α-hetero) is 2. The first-order valence-electron chi connectivity index (χ1n) is 9.53. The summed E-state index contributed by atoms with van der Waals surface area (Å²) in [6, 6.07) is 3.78. The highest BCUT2D eigenvalue weighted by Gasteiger charge is 2.61. The maximum absolute atomic E-state index is 13.2. The molecule has 0 spiro atoms. The van der Waals surface area contributed by atoms with Gasteiger partial charge in [-0.3, -0.25) is 19.3 Å². The molecule has 4 rings (SSSR count). The third-order valence-corrected chi connectivity index (χ3v) is 6.55. The third-order valence-electron chi connectivity index (χ3n) is 6.55. The number of primary amides is 1. The van der Waals surface area contributed by atoms with Crippen molar-refractivity contribution in [2.24, 2.45) is 23.3 Å². The molecule has 0 heterocycles. The van der Waals surface area contributed by atoms with Crippen molar-refractivity contribution in [2.45, 2.75) is 24.5 Å². The number of aliphatic hydroxyl groups excluding tert-OH is 1. The lowest BCUT2D eigenvalue weighted by Gasteiger charge is -2.51. The molecule has 158 valence electrons. The average Bonchev–Trinajstić information content (AvgIpc) is 2.64. The highest BCUT2D eigenvalue weighted by molar-refractivity contribution is 6.22. The van der Waals surface area contributed by atoms with Crippen molar-refractivity contribution >= 4 is 17.5 Å². The number of phenols is 1. The normalized spacial score (nSPS) is 30.9. The second-order valence-electron chi connectivity index (χ2n) is 8.34. The number of aliphatic hydroxyl groups is 2. The molecule has 1 aromatic rings. The minimum absolute atomic E-state index is 0.0741. The molecule has 3 aliphatic carbocycles. The third kappa shape index (κ3) is 2.39. The van der Waals surface area contributed by atoms with Crippen LogP contribution in [0.3, 0.4) is 0 Å². The number of rotatable bonds is 2. The molecule has 0 saturated carbocycles. The summed E-state index contributed by atoms with van der Waals surface area (Å²) in [5, 5.41) is 32.5. The molecule has 9 nitrogen and oxygen atoms in total. The SMILES string of the molecule is CN(C)C1C(=O)C(C(N)=O)=C(O)C2(O)C(N)=C3C(=O)c4c(O)cccc4CC3CC12. The van der Waals surface area contributed by atoms with E-state index in [0.29, 0.717) is 12.0 Å². The largest absolute Gasteiger partial charge is 0.508 e. The smallest absolute Gasteiger partial charge is 0.255 e. The lowest BCUT2D eigenvalue weighted by molar-refractivity contribution is -0.134. The molecule has 0 fully saturated rings. The second-order valence-corrected chi connectivity index (χ2v) is 8.34. The van der Waals surface area contributed by atoms with Crippen LogP contribution in [0.15, 0.2) is 40.8 Å². The van der Waals surface area contributed by atoms with Gasteiger partial charge in [0.15, 0.2) is 17.2 Å². The summed E-state index contributed by atoms with van der Waals surface area (Å²) < 4.78 is 0. The number of nitrogens with two attached hydrogens (primary N) is 2. The lowest BCUT2D eigenvalue weighted by Crippen LogP contribution is -2.64. The highest BCUT2D eigenvalue weighted by Crippen LogP contribution is 2.52. The molecule has 1 amide bonds. The van der Waals surface area contributed by atoms with Crippen LogP contribution < -0.4 is 11.5 Å². The van der Waals surface area contributed by atoms with E-state index in [1.54, 1.807) is 26.2 Å². The molecule has 1 aromatic carbocycles. The van der Waals surface area contributed by atoms with Crippen LogP contribution in [-0.2, 0) is 16.0 Å². The van der Waals surface area contributed by atoms with Crippen molar-refractivity contribution in [1.82, 2.24) is 4.90 Å². The van der Waals surface area contributed by atoms with Gasteiger partial charge in [-0.2, -0.15) is 0 Å². The zero-order valence-electron chi connectivity index (χ0n) is 16.5. The Morgan fingerprint density at radius 2 is 1.90 bits per heavy atom. The van der Waals surface area contributed by atoms with Gasteiger partial charge < -0.3 is 26.8 Å². The number of nitrogens with zero attached hydrogens (tertiary/aromatic N) is 1. The van der Waals surface area contributed by atoms with Crippen LogP contribution in [0.25, 0.3) is 0 Å². The number of hydrogen-bond donors (Lipinski definition) is 5. The van der Waals surface area contributed by atoms with Crippen LogP contribution in [0.4, 0.5) is 0 Å². The molecule has 30 heavy (non-hydrogen) atoms. The number of ketones is 2. The molecular formula is C21H23N3O6. The predicted octanol–water partition coefficient (Wildman–Crippen LogP) is -0.479. The lowest BCUT2D eigenvalue weighted by atomic mass is 9.58. The van der Waals surface area contributed by atoms with Gasteiger partial charge >= 0.3 is 0 Å². The Balaban J connectivity index is 2.00. The average molecular weight is 413 g/mol. The van der Waals surface area contributed by atoms with Crippen LogP contribution >= 0.6 is 0 Å². The number of fused-ring (bicyclic) bond motifs is 3. The van der Waals surface area contributed by atoms with Crippen molar-refractivity contribution in [2.75, 3.05) is 14.1 Å². The minimum atomic E-state index is -2.31. The van der Waals surface area contributed by atoms with Crippen molar-refractivity contribution in [3.63, 3.8) is 0 Å². The Hall–Kier alpha value is -3.17. The van der Waals surface area contributed by atoms with Crippen LogP contribution in [0.2, 0.25) is 0 Å². The molecule has 0 bridgehead atoms. The van der Waals surface area contributed by atoms with E-state index in [1.165, 1.54) is 11.0 Å². The number of carbonyl (C=O) groups excluding carboxylic acids is 3. The molecule has 0 saturated heterocycles. The summed E-state index contributed by atoms with van der Waals surface area (Å²) in [7, 11) is 3.22. The summed E-state index contributed by atoms with van der Waals surface area (Å²) >= 11 is 0. The van der Waals surface area contributed by atoms with Crippen molar-refractivity contribution in [3.8, 4) is 5.75 Å². The summed E-state index contributed by atoms with van der Waals surface area (Å²) in [5.74, 6) is -4.88. The van der Waals surface area contributed by atoms with E-state index < -0.39 is 52.3 Å². The Bertz CT molecular complexity index is 1070. The summed E-state index contributed by atoms with van der Waals surface area (Å²) in [4.78, 5) is 39.6. The molecule has 4 unspecified atom stereocenters. The molecule has 3 aliphatic rings. The first-order chi connectivity index (χ1) is 14.0. The van der Waals surface area contributed by atoms with E-state index in [9.17, 15) is 29.7 Å². The first kappa shape index (κ1) is 20.1. The van der Waals surface area contributed by atoms with Gasteiger partial charge in [0, 0.05) is 11.5 Å². The molecule has 4 atom stereocenters. The van der Waals surface area contributed by atoms with E-state index in [-0.39, 0.29) is 29.0 Å². The Morgan fingerprint density at radius 1 is 1.23 bits per heavy atom. The number of amides is 1. The fourth-order valence-corrected chi connectivity index (χ4v) is 5.26. The topological polar surface area (TPSA) is 167 Å². The van der Waals surface area contributed by atoms with Gasteiger partial charge in [-0.1, -0.05) is 12.1 Å². The van der Waals surface area contributed by atoms with E-state index in [0.717, 1.165) is 0 Å². The minimum Gasteiger partial charge on any atom is -0.508 e. The van der Waals surface area contributed by atoms with Gasteiger partial charge in [-0.05, 0) is 44.5 Å². The second kappa shape index (κ2) is 6.41. The Kier molecular flexibility index (Phi) is 4.30. The quantitative estimate of drug-likeness (QED) is 0.405. The van der Waals surface area contributed by atoms with E-state index in [4.69, 9.17) is 11.5 Å². The van der Waals surface area contributed by atoms with E-state index in [1.807, 2.05) is 0 Å². The maximum Gasteiger partial charge on any atom is 0.255 e. The van der Waals surface area contributed by atoms with Gasteiger partial charge in [-0.15, -0.1) is 0 Å². The number of likely N-dealkylation sites (N-methyl/N-ethyl adjacent to an activating group) is 1. The number of allylic oxidation sites excluding steroid dienone is 1. The van der Waals surface area contributed by atoms with Crippen LogP contribution in [0.5, 0.6) is 5.75 Å². The summed E-state index contributed by atoms with van der Waals surface area (Å²) in [5.41, 5.74) is 9.07. The van der Waals surface area contributed by atoms with Gasteiger partial charge in [0.2, 0.25) is 0 Å². The number of hydrogen-bond acceptors (Lipinski definition) is 8. The fraction of sp³-hybridized carbons (Fsp3) is 0.381. The molecule has 7 N–H and O–H groups in total. The molecule has 0 aliphatic heterocycles. The monoisotopic (exact) mass is 413 g/mol. The molecular weight excluding hydrogens is 390 g/mol. The first-order valence-corrected chi connectivity index (χ1v) is 9.53. The number of carbonyl (C=O) groups is 3. The van der Waals surface area contributed by atoms with Crippen LogP contribution in [0, 0.1) is 11.8 Å². The van der Waals surface area contributed by atoms with Gasteiger partial charge in [0.1, 0.15) is 17.1 Å². The molecule has 0 aromatic heterocycles. The van der Waals surface area contributed by atoms with Crippen molar-refractivity contribution < 1.29 is 29.7 Å². The summed E-state index contributed by atoms with van der Waals surface area (Å²) in [6.07, 6.45) is 0.539.